The fourth-order valence-electron chi connectivity index (χ4n) is 2.11. The summed E-state index contributed by atoms with van der Waals surface area (Å²) in [6.45, 7) is 13.9. The van der Waals surface area contributed by atoms with Crippen molar-refractivity contribution in [1.82, 2.24) is 0 Å². The molecule has 0 aliphatic heterocycles. The van der Waals surface area contributed by atoms with Gasteiger partial charge in [0.2, 0.25) is 0 Å². The van der Waals surface area contributed by atoms with E-state index in [1.54, 1.807) is 15.0 Å². The van der Waals surface area contributed by atoms with Gasteiger partial charge >= 0.3 is 100 Å². The van der Waals surface area contributed by atoms with Crippen LogP contribution < -0.4 is 24.8 Å². The maximum atomic E-state index is 2.41. The van der Waals surface area contributed by atoms with E-state index in [0.717, 1.165) is 6.42 Å². The third kappa shape index (κ3) is 4.22. The van der Waals surface area contributed by atoms with Gasteiger partial charge < -0.3 is 24.8 Å². The van der Waals surface area contributed by atoms with E-state index in [2.05, 4.69) is 68.1 Å². The summed E-state index contributed by atoms with van der Waals surface area (Å²) in [5, 5.41) is 0. The molecule has 0 fully saturated rings. The van der Waals surface area contributed by atoms with Crippen LogP contribution in [-0.4, -0.2) is 0 Å². The van der Waals surface area contributed by atoms with Crippen molar-refractivity contribution in [2.24, 2.45) is 10.8 Å². The molecule has 0 aromatic heterocycles. The molecule has 0 atom stereocenters. The summed E-state index contributed by atoms with van der Waals surface area (Å²) in [5.41, 5.74) is 3.73. The Morgan fingerprint density at radius 1 is 0.938 bits per heavy atom. The Balaban J connectivity index is 0. The van der Waals surface area contributed by atoms with Gasteiger partial charge in [-0.15, -0.1) is 0 Å². The molecule has 3 heteroatoms. The molecule has 1 aliphatic carbocycles. The second-order valence-corrected chi connectivity index (χ2v) is 7.12. The molecule has 1 aliphatic rings. The molecule has 1 rings (SSSR count). The fraction of sp³-hybridized carbons (Fsp3) is 0.692. The van der Waals surface area contributed by atoms with Crippen LogP contribution in [0, 0.1) is 10.8 Å². The van der Waals surface area contributed by atoms with Gasteiger partial charge in [0.1, 0.15) is 0 Å². The molecular formula is C13H21Cl2Ti. The molecule has 0 heterocycles. The SMILES string of the molecule is CC(C)(C)C1=CC[C]([Ti+2])=C1C(C)(C)C.[Cl-].[Cl-]. The standard InChI is InChI=1S/C13H21.2ClH.Ti/c1-12(2,3)10-8-7-9-11(10)13(4,5)6;;;/h8H,7H2,1-6H3;2*1H;/q;;;+2/p-2. The van der Waals surface area contributed by atoms with Crippen LogP contribution in [0.2, 0.25) is 0 Å². The monoisotopic (exact) mass is 295 g/mol. The quantitative estimate of drug-likeness (QED) is 0.464. The van der Waals surface area contributed by atoms with Crippen molar-refractivity contribution in [3.8, 4) is 0 Å². The Morgan fingerprint density at radius 3 is 1.62 bits per heavy atom. The molecule has 0 radical (unpaired) electrons. The van der Waals surface area contributed by atoms with Gasteiger partial charge in [-0.2, -0.15) is 0 Å². The van der Waals surface area contributed by atoms with Crippen molar-refractivity contribution in [1.29, 1.82) is 0 Å². The van der Waals surface area contributed by atoms with Crippen LogP contribution in [0.3, 0.4) is 0 Å². The Labute approximate surface area is 125 Å². The normalized spacial score (nSPS) is 16.6. The van der Waals surface area contributed by atoms with Crippen LogP contribution in [0.25, 0.3) is 0 Å². The molecule has 0 bridgehead atoms. The summed E-state index contributed by atoms with van der Waals surface area (Å²) in [6.07, 6.45) is 3.56. The minimum absolute atomic E-state index is 0. The van der Waals surface area contributed by atoms with Gasteiger partial charge in [0, 0.05) is 0 Å². The average molecular weight is 296 g/mol. The Kier molecular flexibility index (Phi) is 7.28. The molecular weight excluding hydrogens is 275 g/mol. The predicted octanol–water partition coefficient (Wildman–Crippen LogP) is -1.78. The Hall–Kier alpha value is 0.774. The molecule has 0 saturated heterocycles. The van der Waals surface area contributed by atoms with Gasteiger partial charge in [-0.3, -0.25) is 0 Å². The van der Waals surface area contributed by atoms with Gasteiger partial charge in [-0.25, -0.2) is 0 Å². The van der Waals surface area contributed by atoms with Crippen molar-refractivity contribution in [2.45, 2.75) is 48.0 Å². The molecule has 0 aromatic rings. The van der Waals surface area contributed by atoms with Crippen molar-refractivity contribution in [3.63, 3.8) is 0 Å². The van der Waals surface area contributed by atoms with Crippen molar-refractivity contribution < 1.29 is 45.2 Å². The Morgan fingerprint density at radius 2 is 1.38 bits per heavy atom. The summed E-state index contributed by atoms with van der Waals surface area (Å²) in [5.74, 6) is 0. The number of allylic oxidation sites excluding steroid dienone is 4. The average Bonchev–Trinajstić information content (AvgIpc) is 2.27. The van der Waals surface area contributed by atoms with Gasteiger partial charge in [0.15, 0.2) is 0 Å². The predicted molar refractivity (Wildman–Crippen MR) is 58.6 cm³/mol. The van der Waals surface area contributed by atoms with E-state index in [4.69, 9.17) is 0 Å². The maximum Gasteiger partial charge on any atom is -1.00 e. The van der Waals surface area contributed by atoms with Crippen LogP contribution in [0.5, 0.6) is 0 Å². The maximum absolute atomic E-state index is 2.41. The van der Waals surface area contributed by atoms with Crippen LogP contribution >= 0.6 is 0 Å². The van der Waals surface area contributed by atoms with Gasteiger partial charge in [-0.1, -0.05) is 0 Å². The first-order valence-electron chi connectivity index (χ1n) is 5.30. The van der Waals surface area contributed by atoms with Crippen LogP contribution in [-0.2, 0) is 20.4 Å². The molecule has 91 valence electrons. The molecule has 0 N–H and O–H groups in total. The molecule has 0 spiro atoms. The van der Waals surface area contributed by atoms with Crippen molar-refractivity contribution in [2.75, 3.05) is 0 Å². The molecule has 0 nitrogen and oxygen atoms in total. The van der Waals surface area contributed by atoms with E-state index in [1.807, 2.05) is 0 Å². The molecule has 0 saturated carbocycles. The van der Waals surface area contributed by atoms with E-state index in [0.29, 0.717) is 10.8 Å². The van der Waals surface area contributed by atoms with E-state index in [9.17, 15) is 0 Å². The minimum Gasteiger partial charge on any atom is -1.00 e. The van der Waals surface area contributed by atoms with Crippen LogP contribution in [0.15, 0.2) is 21.1 Å². The van der Waals surface area contributed by atoms with Gasteiger partial charge in [0.05, 0.1) is 0 Å². The second-order valence-electron chi connectivity index (χ2n) is 6.18. The van der Waals surface area contributed by atoms with Crippen LogP contribution in [0.4, 0.5) is 0 Å². The topological polar surface area (TPSA) is 0 Å². The molecule has 0 unspecified atom stereocenters. The first-order valence-corrected chi connectivity index (χ1v) is 6.08. The minimum atomic E-state index is 0. The molecule has 16 heavy (non-hydrogen) atoms. The second kappa shape index (κ2) is 6.09. The third-order valence-corrected chi connectivity index (χ3v) is 3.35. The zero-order valence-electron chi connectivity index (χ0n) is 11.0. The summed E-state index contributed by atoms with van der Waals surface area (Å²) in [6, 6.07) is 0. The van der Waals surface area contributed by atoms with E-state index in [1.165, 1.54) is 0 Å². The smallest absolute Gasteiger partial charge is 1.00 e. The first-order chi connectivity index (χ1) is 6.14. The van der Waals surface area contributed by atoms with Crippen LogP contribution in [0.1, 0.15) is 48.0 Å². The van der Waals surface area contributed by atoms with Gasteiger partial charge in [0.25, 0.3) is 0 Å². The van der Waals surface area contributed by atoms with E-state index >= 15 is 0 Å². The number of halogens is 2. The zero-order chi connectivity index (χ0) is 11.1. The van der Waals surface area contributed by atoms with Crippen molar-refractivity contribution >= 4 is 0 Å². The summed E-state index contributed by atoms with van der Waals surface area (Å²) < 4.78 is 1.56. The summed E-state index contributed by atoms with van der Waals surface area (Å²) in [4.78, 5) is 0. The number of rotatable bonds is 0. The molecule has 0 aromatic carbocycles. The van der Waals surface area contributed by atoms with Gasteiger partial charge in [-0.05, 0) is 0 Å². The first kappa shape index (κ1) is 19.1. The number of hydrogen-bond acceptors (Lipinski definition) is 0. The fourth-order valence-corrected chi connectivity index (χ4v) is 3.06. The zero-order valence-corrected chi connectivity index (χ0v) is 14.1. The number of hydrogen-bond donors (Lipinski definition) is 0. The van der Waals surface area contributed by atoms with E-state index < -0.39 is 0 Å². The largest absolute Gasteiger partial charge is 1.00 e. The third-order valence-electron chi connectivity index (χ3n) is 2.64. The Bertz CT molecular complexity index is 301. The van der Waals surface area contributed by atoms with E-state index in [-0.39, 0.29) is 24.8 Å². The van der Waals surface area contributed by atoms with Crippen molar-refractivity contribution in [3.05, 3.63) is 21.1 Å². The molecule has 0 amide bonds. The summed E-state index contributed by atoms with van der Waals surface area (Å²) in [7, 11) is 0. The summed E-state index contributed by atoms with van der Waals surface area (Å²) >= 11 is 2.27.